The molecule has 0 amide bonds. The minimum Gasteiger partial charge on any atom is -0.497 e. The van der Waals surface area contributed by atoms with Crippen LogP contribution in [0.15, 0.2) is 72.8 Å². The second-order valence-corrected chi connectivity index (χ2v) is 7.62. The highest BCUT2D eigenvalue weighted by atomic mass is 16.5. The second-order valence-electron chi connectivity index (χ2n) is 7.62. The third kappa shape index (κ3) is 5.57. The number of hydrogen-bond donors (Lipinski definition) is 0. The average molecular weight is 420 g/mol. The van der Waals surface area contributed by atoms with Crippen LogP contribution in [0.25, 0.3) is 0 Å². The van der Waals surface area contributed by atoms with Crippen LogP contribution in [0.5, 0.6) is 17.2 Å². The number of benzene rings is 3. The van der Waals surface area contributed by atoms with Gasteiger partial charge in [0, 0.05) is 31.3 Å². The van der Waals surface area contributed by atoms with Crippen molar-refractivity contribution >= 4 is 0 Å². The van der Waals surface area contributed by atoms with Crippen LogP contribution >= 0.6 is 0 Å². The molecular weight excluding hydrogens is 390 g/mol. The fraction of sp³-hybridized carbons (Fsp3) is 0.308. The summed E-state index contributed by atoms with van der Waals surface area (Å²) >= 11 is 0. The molecule has 0 aromatic heterocycles. The number of morpholine rings is 1. The quantitative estimate of drug-likeness (QED) is 0.522. The van der Waals surface area contributed by atoms with Crippen molar-refractivity contribution in [2.45, 2.75) is 19.3 Å². The Hall–Kier alpha value is -3.02. The first kappa shape index (κ1) is 21.2. The molecule has 0 aliphatic carbocycles. The summed E-state index contributed by atoms with van der Waals surface area (Å²) in [4.78, 5) is 2.40. The summed E-state index contributed by atoms with van der Waals surface area (Å²) < 4.78 is 22.8. The van der Waals surface area contributed by atoms with E-state index in [-0.39, 0.29) is 6.10 Å². The molecule has 1 unspecified atom stereocenters. The monoisotopic (exact) mass is 419 g/mol. The van der Waals surface area contributed by atoms with Crippen molar-refractivity contribution in [1.29, 1.82) is 0 Å². The van der Waals surface area contributed by atoms with Gasteiger partial charge in [0.1, 0.15) is 23.9 Å². The predicted octanol–water partition coefficient (Wildman–Crippen LogP) is 4.86. The maximum Gasteiger partial charge on any atom is 0.127 e. The topological polar surface area (TPSA) is 40.2 Å². The highest BCUT2D eigenvalue weighted by Gasteiger charge is 2.23. The Kier molecular flexibility index (Phi) is 7.07. The second kappa shape index (κ2) is 10.3. The molecule has 0 N–H and O–H groups in total. The highest BCUT2D eigenvalue weighted by molar-refractivity contribution is 5.40. The lowest BCUT2D eigenvalue weighted by Crippen LogP contribution is -2.37. The van der Waals surface area contributed by atoms with Crippen molar-refractivity contribution in [2.75, 3.05) is 33.9 Å². The third-order valence-electron chi connectivity index (χ3n) is 5.54. The minimum absolute atomic E-state index is 0.0427. The van der Waals surface area contributed by atoms with Gasteiger partial charge in [0.15, 0.2) is 0 Å². The van der Waals surface area contributed by atoms with E-state index >= 15 is 0 Å². The fourth-order valence-electron chi connectivity index (χ4n) is 3.79. The van der Waals surface area contributed by atoms with Gasteiger partial charge in [-0.25, -0.2) is 0 Å². The third-order valence-corrected chi connectivity index (χ3v) is 5.54. The molecule has 5 nitrogen and oxygen atoms in total. The molecule has 0 saturated carbocycles. The highest BCUT2D eigenvalue weighted by Crippen LogP contribution is 2.29. The van der Waals surface area contributed by atoms with E-state index in [0.29, 0.717) is 13.2 Å². The maximum absolute atomic E-state index is 6.06. The van der Waals surface area contributed by atoms with Crippen LogP contribution in [0.2, 0.25) is 0 Å². The van der Waals surface area contributed by atoms with Crippen molar-refractivity contribution < 1.29 is 18.9 Å². The van der Waals surface area contributed by atoms with Gasteiger partial charge in [-0.15, -0.1) is 0 Å². The summed E-state index contributed by atoms with van der Waals surface area (Å²) in [7, 11) is 3.36. The SMILES string of the molecule is COc1ccc(CN2CCOC(c3ccc(OCc4ccccc4)cc3)C2)c(OC)c1. The first-order valence-corrected chi connectivity index (χ1v) is 10.6. The van der Waals surface area contributed by atoms with Crippen molar-refractivity contribution in [3.8, 4) is 17.2 Å². The van der Waals surface area contributed by atoms with Gasteiger partial charge in [-0.1, -0.05) is 48.5 Å². The van der Waals surface area contributed by atoms with Gasteiger partial charge >= 0.3 is 0 Å². The standard InChI is InChI=1S/C26H29NO4/c1-28-24-13-10-22(25(16-24)29-2)17-27-14-15-30-26(18-27)21-8-11-23(12-9-21)31-19-20-6-4-3-5-7-20/h3-13,16,26H,14-15,17-19H2,1-2H3. The molecule has 31 heavy (non-hydrogen) atoms. The zero-order chi connectivity index (χ0) is 21.5. The van der Waals surface area contributed by atoms with Crippen LogP contribution in [-0.2, 0) is 17.9 Å². The zero-order valence-electron chi connectivity index (χ0n) is 18.1. The molecule has 0 radical (unpaired) electrons. The maximum atomic E-state index is 6.06. The van der Waals surface area contributed by atoms with E-state index in [1.54, 1.807) is 14.2 Å². The molecular formula is C26H29NO4. The molecule has 1 heterocycles. The first-order valence-electron chi connectivity index (χ1n) is 10.6. The summed E-state index contributed by atoms with van der Waals surface area (Å²) in [6.45, 7) is 3.81. The molecule has 162 valence electrons. The molecule has 3 aromatic carbocycles. The Bertz CT molecular complexity index is 959. The van der Waals surface area contributed by atoms with Gasteiger partial charge < -0.3 is 18.9 Å². The van der Waals surface area contributed by atoms with Crippen LogP contribution in [-0.4, -0.2) is 38.8 Å². The molecule has 5 heteroatoms. The molecule has 1 aliphatic rings. The van der Waals surface area contributed by atoms with E-state index in [0.717, 1.165) is 48.0 Å². The summed E-state index contributed by atoms with van der Waals surface area (Å²) in [6.07, 6.45) is 0.0427. The van der Waals surface area contributed by atoms with Crippen molar-refractivity contribution in [1.82, 2.24) is 4.90 Å². The molecule has 3 aromatic rings. The van der Waals surface area contributed by atoms with Crippen molar-refractivity contribution in [2.24, 2.45) is 0 Å². The van der Waals surface area contributed by atoms with E-state index in [4.69, 9.17) is 18.9 Å². The Morgan fingerprint density at radius 3 is 2.42 bits per heavy atom. The van der Waals surface area contributed by atoms with E-state index < -0.39 is 0 Å². The van der Waals surface area contributed by atoms with Gasteiger partial charge in [-0.3, -0.25) is 4.90 Å². The lowest BCUT2D eigenvalue weighted by atomic mass is 10.1. The van der Waals surface area contributed by atoms with Crippen molar-refractivity contribution in [3.63, 3.8) is 0 Å². The average Bonchev–Trinajstić information content (AvgIpc) is 2.84. The predicted molar refractivity (Wildman–Crippen MR) is 121 cm³/mol. The smallest absolute Gasteiger partial charge is 0.127 e. The van der Waals surface area contributed by atoms with E-state index in [9.17, 15) is 0 Å². The number of ether oxygens (including phenoxy) is 4. The van der Waals surface area contributed by atoms with Gasteiger partial charge in [0.2, 0.25) is 0 Å². The molecule has 1 fully saturated rings. The molecule has 1 saturated heterocycles. The summed E-state index contributed by atoms with van der Waals surface area (Å²) in [5.74, 6) is 2.51. The molecule has 0 bridgehead atoms. The van der Waals surface area contributed by atoms with Crippen LogP contribution in [0.3, 0.4) is 0 Å². The first-order chi connectivity index (χ1) is 15.2. The molecule has 1 aliphatic heterocycles. The number of methoxy groups -OCH3 is 2. The van der Waals surface area contributed by atoms with E-state index in [1.165, 1.54) is 5.56 Å². The van der Waals surface area contributed by atoms with E-state index in [2.05, 4.69) is 35.2 Å². The Labute approximate surface area is 184 Å². The lowest BCUT2D eigenvalue weighted by molar-refractivity contribution is -0.0331. The van der Waals surface area contributed by atoms with Crippen LogP contribution in [0.1, 0.15) is 22.8 Å². The number of hydrogen-bond acceptors (Lipinski definition) is 5. The number of rotatable bonds is 8. The molecule has 0 spiro atoms. The Morgan fingerprint density at radius 1 is 0.903 bits per heavy atom. The number of nitrogens with zero attached hydrogens (tertiary/aromatic N) is 1. The van der Waals surface area contributed by atoms with Gasteiger partial charge in [-0.05, 0) is 29.3 Å². The van der Waals surface area contributed by atoms with Crippen molar-refractivity contribution in [3.05, 3.63) is 89.5 Å². The van der Waals surface area contributed by atoms with Crippen LogP contribution in [0, 0.1) is 0 Å². The Balaban J connectivity index is 1.36. The van der Waals surface area contributed by atoms with Gasteiger partial charge in [-0.2, -0.15) is 0 Å². The summed E-state index contributed by atoms with van der Waals surface area (Å²) in [6, 6.07) is 24.4. The molecule has 4 rings (SSSR count). The normalized spacial score (nSPS) is 16.6. The largest absolute Gasteiger partial charge is 0.497 e. The summed E-state index contributed by atoms with van der Waals surface area (Å²) in [5, 5.41) is 0. The Morgan fingerprint density at radius 2 is 1.68 bits per heavy atom. The van der Waals surface area contributed by atoms with Gasteiger partial charge in [0.05, 0.1) is 26.9 Å². The zero-order valence-corrected chi connectivity index (χ0v) is 18.1. The lowest BCUT2D eigenvalue weighted by Gasteiger charge is -2.33. The van der Waals surface area contributed by atoms with E-state index in [1.807, 2.05) is 42.5 Å². The molecule has 1 atom stereocenters. The fourth-order valence-corrected chi connectivity index (χ4v) is 3.79. The van der Waals surface area contributed by atoms with Gasteiger partial charge in [0.25, 0.3) is 0 Å². The van der Waals surface area contributed by atoms with Crippen LogP contribution in [0.4, 0.5) is 0 Å². The summed E-state index contributed by atoms with van der Waals surface area (Å²) in [5.41, 5.74) is 3.47. The minimum atomic E-state index is 0.0427. The van der Waals surface area contributed by atoms with Crippen LogP contribution < -0.4 is 14.2 Å².